The van der Waals surface area contributed by atoms with E-state index in [1.807, 2.05) is 0 Å². The van der Waals surface area contributed by atoms with Gasteiger partial charge in [0.15, 0.2) is 9.84 Å². The Morgan fingerprint density at radius 1 is 1.31 bits per heavy atom. The molecule has 1 fully saturated rings. The molecule has 1 aromatic rings. The van der Waals surface area contributed by atoms with Crippen LogP contribution in [0.15, 0.2) is 4.42 Å². The van der Waals surface area contributed by atoms with Gasteiger partial charge in [0, 0.05) is 23.6 Å². The van der Waals surface area contributed by atoms with Crippen LogP contribution >= 0.6 is 0 Å². The molecule has 1 aromatic heterocycles. The Balaban J connectivity index is 2.05. The summed E-state index contributed by atoms with van der Waals surface area (Å²) in [7, 11) is -2.98. The summed E-state index contributed by atoms with van der Waals surface area (Å²) in [5, 5.41) is 0. The molecular weight excluding hydrogens is 226 g/mol. The van der Waals surface area contributed by atoms with Gasteiger partial charge in [-0.3, -0.25) is 0 Å². The third-order valence-corrected chi connectivity index (χ3v) is 5.06. The van der Waals surface area contributed by atoms with Gasteiger partial charge in [-0.1, -0.05) is 6.42 Å². The van der Waals surface area contributed by atoms with Crippen molar-refractivity contribution < 1.29 is 12.8 Å². The van der Waals surface area contributed by atoms with Crippen LogP contribution in [0.2, 0.25) is 0 Å². The lowest BCUT2D eigenvalue weighted by Crippen LogP contribution is -2.12. The second kappa shape index (κ2) is 3.34. The smallest absolute Gasteiger partial charge is 0.161 e. The first-order valence-electron chi connectivity index (χ1n) is 5.64. The van der Waals surface area contributed by atoms with Crippen molar-refractivity contribution in [2.75, 3.05) is 0 Å². The Morgan fingerprint density at radius 2 is 2.06 bits per heavy atom. The first-order valence-corrected chi connectivity index (χ1v) is 7.46. The molecule has 2 N–H and O–H groups in total. The van der Waals surface area contributed by atoms with Crippen LogP contribution in [0.1, 0.15) is 47.8 Å². The summed E-state index contributed by atoms with van der Waals surface area (Å²) in [4.78, 5) is 0. The molecule has 88 valence electrons. The summed E-state index contributed by atoms with van der Waals surface area (Å²) in [6, 6.07) is 0. The normalized spacial score (nSPS) is 23.1. The van der Waals surface area contributed by atoms with Gasteiger partial charge in [-0.2, -0.15) is 0 Å². The highest BCUT2D eigenvalue weighted by atomic mass is 32.2. The molecule has 0 atom stereocenters. The van der Waals surface area contributed by atoms with Gasteiger partial charge in [-0.15, -0.1) is 0 Å². The van der Waals surface area contributed by atoms with E-state index in [1.54, 1.807) is 0 Å². The van der Waals surface area contributed by atoms with Crippen molar-refractivity contribution in [3.8, 4) is 0 Å². The molecule has 0 spiro atoms. The third kappa shape index (κ3) is 1.42. The maximum Gasteiger partial charge on any atom is 0.161 e. The molecule has 16 heavy (non-hydrogen) atoms. The molecule has 0 saturated heterocycles. The molecule has 0 aromatic carbocycles. The molecule has 5 heteroatoms. The van der Waals surface area contributed by atoms with Gasteiger partial charge in [-0.05, 0) is 12.8 Å². The summed E-state index contributed by atoms with van der Waals surface area (Å²) in [5.41, 5.74) is 7.53. The Kier molecular flexibility index (Phi) is 2.16. The molecule has 1 aliphatic carbocycles. The number of fused-ring (bicyclic) bond motifs is 1. The highest BCUT2D eigenvalue weighted by Crippen LogP contribution is 2.43. The molecule has 1 aliphatic heterocycles. The van der Waals surface area contributed by atoms with Crippen LogP contribution in [-0.2, 0) is 27.9 Å². The zero-order chi connectivity index (χ0) is 11.3. The van der Waals surface area contributed by atoms with E-state index in [0.717, 1.165) is 29.7 Å². The van der Waals surface area contributed by atoms with E-state index < -0.39 is 9.84 Å². The van der Waals surface area contributed by atoms with E-state index in [4.69, 9.17) is 10.2 Å². The van der Waals surface area contributed by atoms with E-state index in [9.17, 15) is 8.42 Å². The second-order valence-electron chi connectivity index (χ2n) is 4.71. The number of rotatable bonds is 2. The van der Waals surface area contributed by atoms with Gasteiger partial charge in [0.1, 0.15) is 17.3 Å². The summed E-state index contributed by atoms with van der Waals surface area (Å²) < 4.78 is 28.7. The molecule has 0 amide bonds. The Hall–Kier alpha value is -0.810. The highest BCUT2D eigenvalue weighted by molar-refractivity contribution is 7.90. The first-order chi connectivity index (χ1) is 7.61. The lowest BCUT2D eigenvalue weighted by atomic mass is 9.82. The maximum absolute atomic E-state index is 11.5. The largest absolute Gasteiger partial charge is 0.464 e. The van der Waals surface area contributed by atoms with Crippen LogP contribution in [0.25, 0.3) is 0 Å². The fourth-order valence-corrected chi connectivity index (χ4v) is 4.06. The lowest BCUT2D eigenvalue weighted by Gasteiger charge is -2.24. The molecule has 4 nitrogen and oxygen atoms in total. The number of hydrogen-bond donors (Lipinski definition) is 1. The van der Waals surface area contributed by atoms with Crippen LogP contribution in [-0.4, -0.2) is 8.42 Å². The maximum atomic E-state index is 11.5. The number of furan rings is 1. The van der Waals surface area contributed by atoms with Crippen LogP contribution < -0.4 is 5.73 Å². The van der Waals surface area contributed by atoms with Crippen molar-refractivity contribution in [2.24, 2.45) is 5.73 Å². The Bertz CT molecular complexity index is 526. The molecular formula is C11H15NO3S. The summed E-state index contributed by atoms with van der Waals surface area (Å²) in [6.45, 7) is 0.389. The minimum atomic E-state index is -2.98. The number of nitrogens with two attached hydrogens (primary N) is 1. The third-order valence-electron chi connectivity index (χ3n) is 3.63. The van der Waals surface area contributed by atoms with Crippen molar-refractivity contribution in [2.45, 2.75) is 43.2 Å². The Morgan fingerprint density at radius 3 is 2.62 bits per heavy atom. The second-order valence-corrected chi connectivity index (χ2v) is 6.78. The van der Waals surface area contributed by atoms with E-state index in [1.165, 1.54) is 6.42 Å². The summed E-state index contributed by atoms with van der Waals surface area (Å²) >= 11 is 0. The fourth-order valence-electron chi connectivity index (χ4n) is 2.55. The van der Waals surface area contributed by atoms with E-state index in [2.05, 4.69) is 0 Å². The predicted octanol–water partition coefficient (Wildman–Crippen LogP) is 1.43. The van der Waals surface area contributed by atoms with Crippen molar-refractivity contribution >= 4 is 9.84 Å². The molecule has 2 aliphatic rings. The molecule has 0 bridgehead atoms. The SMILES string of the molecule is NCc1c(C2CCC2)oc2c1CS(=O)(=O)C2. The predicted molar refractivity (Wildman–Crippen MR) is 59.5 cm³/mol. The standard InChI is InChI=1S/C11H15NO3S/c12-4-8-9-5-16(13,14)6-10(9)15-11(8)7-2-1-3-7/h7H,1-6,12H2. The van der Waals surface area contributed by atoms with Gasteiger partial charge in [-0.25, -0.2) is 8.42 Å². The minimum absolute atomic E-state index is 0.0576. The van der Waals surface area contributed by atoms with Crippen molar-refractivity contribution in [3.05, 3.63) is 22.6 Å². The molecule has 0 unspecified atom stereocenters. The average molecular weight is 241 g/mol. The topological polar surface area (TPSA) is 73.3 Å². The number of sulfone groups is 1. The molecule has 3 rings (SSSR count). The van der Waals surface area contributed by atoms with Gasteiger partial charge >= 0.3 is 0 Å². The van der Waals surface area contributed by atoms with E-state index in [-0.39, 0.29) is 11.5 Å². The minimum Gasteiger partial charge on any atom is -0.464 e. The van der Waals surface area contributed by atoms with E-state index in [0.29, 0.717) is 18.2 Å². The average Bonchev–Trinajstić information content (AvgIpc) is 2.53. The quantitative estimate of drug-likeness (QED) is 0.850. The van der Waals surface area contributed by atoms with Crippen LogP contribution in [0, 0.1) is 0 Å². The summed E-state index contributed by atoms with van der Waals surface area (Å²) in [6.07, 6.45) is 3.52. The summed E-state index contributed by atoms with van der Waals surface area (Å²) in [5.74, 6) is 2.26. The van der Waals surface area contributed by atoms with Crippen LogP contribution in [0.4, 0.5) is 0 Å². The van der Waals surface area contributed by atoms with Crippen LogP contribution in [0.5, 0.6) is 0 Å². The zero-order valence-electron chi connectivity index (χ0n) is 9.03. The van der Waals surface area contributed by atoms with Crippen molar-refractivity contribution in [1.82, 2.24) is 0 Å². The molecule has 2 heterocycles. The van der Waals surface area contributed by atoms with Gasteiger partial charge in [0.05, 0.1) is 5.75 Å². The lowest BCUT2D eigenvalue weighted by molar-refractivity contribution is 0.336. The van der Waals surface area contributed by atoms with E-state index >= 15 is 0 Å². The van der Waals surface area contributed by atoms with Gasteiger partial charge < -0.3 is 10.2 Å². The number of hydrogen-bond acceptors (Lipinski definition) is 4. The zero-order valence-corrected chi connectivity index (χ0v) is 9.85. The first kappa shape index (κ1) is 10.4. The molecule has 1 saturated carbocycles. The monoisotopic (exact) mass is 241 g/mol. The van der Waals surface area contributed by atoms with Crippen LogP contribution in [0.3, 0.4) is 0 Å². The fraction of sp³-hybridized carbons (Fsp3) is 0.636. The highest BCUT2D eigenvalue weighted by Gasteiger charge is 2.35. The van der Waals surface area contributed by atoms with Gasteiger partial charge in [0.2, 0.25) is 0 Å². The van der Waals surface area contributed by atoms with Crippen molar-refractivity contribution in [1.29, 1.82) is 0 Å². The molecule has 0 radical (unpaired) electrons. The van der Waals surface area contributed by atoms with Crippen molar-refractivity contribution in [3.63, 3.8) is 0 Å². The Labute approximate surface area is 94.7 Å². The van der Waals surface area contributed by atoms with Gasteiger partial charge in [0.25, 0.3) is 0 Å².